The van der Waals surface area contributed by atoms with Crippen LogP contribution in [0.25, 0.3) is 0 Å². The van der Waals surface area contributed by atoms with Crippen LogP contribution in [0.15, 0.2) is 18.2 Å². The molecule has 1 amide bonds. The molecule has 3 rings (SSSR count). The first-order chi connectivity index (χ1) is 11.5. The van der Waals surface area contributed by atoms with Crippen molar-refractivity contribution in [2.45, 2.75) is 37.8 Å². The molecule has 1 heterocycles. The molecule has 24 heavy (non-hydrogen) atoms. The van der Waals surface area contributed by atoms with Crippen molar-refractivity contribution >= 4 is 17.3 Å². The zero-order valence-electron chi connectivity index (χ0n) is 14.2. The number of benzene rings is 1. The summed E-state index contributed by atoms with van der Waals surface area (Å²) in [5.41, 5.74) is 0.978. The summed E-state index contributed by atoms with van der Waals surface area (Å²) in [5.74, 6) is -0.225. The van der Waals surface area contributed by atoms with Gasteiger partial charge in [0.05, 0.1) is 4.92 Å². The molecular formula is C17H24N4O3. The summed E-state index contributed by atoms with van der Waals surface area (Å²) in [4.78, 5) is 27.5. The molecule has 2 fully saturated rings. The van der Waals surface area contributed by atoms with Crippen LogP contribution in [0.4, 0.5) is 11.4 Å². The lowest BCUT2D eigenvalue weighted by Gasteiger charge is -2.37. The molecule has 1 aliphatic heterocycles. The second-order valence-electron chi connectivity index (χ2n) is 6.91. The van der Waals surface area contributed by atoms with Crippen LogP contribution in [0.5, 0.6) is 0 Å². The molecule has 0 spiro atoms. The maximum absolute atomic E-state index is 12.1. The third-order valence-electron chi connectivity index (χ3n) is 4.81. The molecule has 7 nitrogen and oxygen atoms in total. The summed E-state index contributed by atoms with van der Waals surface area (Å²) in [6, 6.07) is 5.44. The lowest BCUT2D eigenvalue weighted by Crippen LogP contribution is -2.45. The number of amides is 1. The zero-order chi connectivity index (χ0) is 17.3. The van der Waals surface area contributed by atoms with Crippen LogP contribution in [-0.4, -0.2) is 55.0 Å². The van der Waals surface area contributed by atoms with E-state index < -0.39 is 0 Å². The molecule has 7 heteroatoms. The number of anilines is 1. The predicted molar refractivity (Wildman–Crippen MR) is 92.5 cm³/mol. The minimum atomic E-state index is -0.386. The van der Waals surface area contributed by atoms with Crippen LogP contribution in [0.3, 0.4) is 0 Å². The summed E-state index contributed by atoms with van der Waals surface area (Å²) in [7, 11) is 4.07. The normalized spacial score (nSPS) is 21.0. The quantitative estimate of drug-likeness (QED) is 0.659. The predicted octanol–water partition coefficient (Wildman–Crippen LogP) is 2.02. The number of rotatable bonds is 5. The molecule has 0 bridgehead atoms. The van der Waals surface area contributed by atoms with Crippen LogP contribution in [0.2, 0.25) is 0 Å². The van der Waals surface area contributed by atoms with Gasteiger partial charge in [-0.3, -0.25) is 14.9 Å². The first kappa shape index (κ1) is 16.7. The third kappa shape index (κ3) is 3.67. The van der Waals surface area contributed by atoms with E-state index in [2.05, 4.69) is 15.1 Å². The van der Waals surface area contributed by atoms with Crippen molar-refractivity contribution in [1.82, 2.24) is 10.2 Å². The fraction of sp³-hybridized carbons (Fsp3) is 0.588. The van der Waals surface area contributed by atoms with Crippen molar-refractivity contribution in [3.63, 3.8) is 0 Å². The van der Waals surface area contributed by atoms with Crippen LogP contribution < -0.4 is 10.2 Å². The van der Waals surface area contributed by atoms with E-state index in [1.165, 1.54) is 6.07 Å². The van der Waals surface area contributed by atoms with Crippen molar-refractivity contribution in [3.05, 3.63) is 33.9 Å². The van der Waals surface area contributed by atoms with Crippen molar-refractivity contribution in [3.8, 4) is 0 Å². The summed E-state index contributed by atoms with van der Waals surface area (Å²) >= 11 is 0. The first-order valence-electron chi connectivity index (χ1n) is 8.46. The average molecular weight is 332 g/mol. The van der Waals surface area contributed by atoms with Gasteiger partial charge in [0.1, 0.15) is 5.69 Å². The number of hydrogen-bond acceptors (Lipinski definition) is 5. The molecule has 2 aliphatic rings. The van der Waals surface area contributed by atoms with E-state index in [-0.39, 0.29) is 22.6 Å². The summed E-state index contributed by atoms with van der Waals surface area (Å²) in [6.07, 6.45) is 4.08. The van der Waals surface area contributed by atoms with E-state index in [9.17, 15) is 14.9 Å². The summed E-state index contributed by atoms with van der Waals surface area (Å²) < 4.78 is 0. The van der Waals surface area contributed by atoms with Gasteiger partial charge in [0.15, 0.2) is 0 Å². The largest absolute Gasteiger partial charge is 0.364 e. The SMILES string of the molecule is CN(C)C1CCCN(c2ccc(C(=O)NC3CC3)cc2[N+](=O)[O-])C1. The van der Waals surface area contributed by atoms with Gasteiger partial charge in [-0.2, -0.15) is 0 Å². The fourth-order valence-electron chi connectivity index (χ4n) is 3.17. The van der Waals surface area contributed by atoms with Gasteiger partial charge in [0.25, 0.3) is 11.6 Å². The Morgan fingerprint density at radius 2 is 2.08 bits per heavy atom. The minimum absolute atomic E-state index is 0.0119. The molecule has 0 radical (unpaired) electrons. The van der Waals surface area contributed by atoms with Crippen LogP contribution in [0.1, 0.15) is 36.0 Å². The number of nitro groups is 1. The zero-order valence-corrected chi connectivity index (χ0v) is 14.2. The lowest BCUT2D eigenvalue weighted by atomic mass is 10.0. The number of nitrogens with zero attached hydrogens (tertiary/aromatic N) is 3. The van der Waals surface area contributed by atoms with Crippen LogP contribution in [0, 0.1) is 10.1 Å². The van der Waals surface area contributed by atoms with E-state index in [1.54, 1.807) is 12.1 Å². The fourth-order valence-corrected chi connectivity index (χ4v) is 3.17. The maximum Gasteiger partial charge on any atom is 0.293 e. The molecule has 1 N–H and O–H groups in total. The lowest BCUT2D eigenvalue weighted by molar-refractivity contribution is -0.384. The molecule has 130 valence electrons. The van der Waals surface area contributed by atoms with E-state index >= 15 is 0 Å². The minimum Gasteiger partial charge on any atom is -0.364 e. The van der Waals surface area contributed by atoms with Crippen molar-refractivity contribution in [2.24, 2.45) is 0 Å². The number of carbonyl (C=O) groups is 1. The van der Waals surface area contributed by atoms with Crippen molar-refractivity contribution in [1.29, 1.82) is 0 Å². The number of carbonyl (C=O) groups excluding carboxylic acids is 1. The number of hydrogen-bond donors (Lipinski definition) is 1. The highest BCUT2D eigenvalue weighted by Gasteiger charge is 2.28. The van der Waals surface area contributed by atoms with Gasteiger partial charge in [0, 0.05) is 36.8 Å². The molecule has 1 aliphatic carbocycles. The molecule has 1 unspecified atom stereocenters. The summed E-state index contributed by atoms with van der Waals surface area (Å²) in [6.45, 7) is 1.57. The molecule has 1 aromatic carbocycles. The standard InChI is InChI=1S/C17H24N4O3/c1-19(2)14-4-3-9-20(11-14)15-8-5-12(10-16(15)21(23)24)17(22)18-13-6-7-13/h5,8,10,13-14H,3-4,6-7,9,11H2,1-2H3,(H,18,22). The van der Waals surface area contributed by atoms with Crippen LogP contribution >= 0.6 is 0 Å². The van der Waals surface area contributed by atoms with E-state index in [4.69, 9.17) is 0 Å². The van der Waals surface area contributed by atoms with Gasteiger partial charge in [0.2, 0.25) is 0 Å². The van der Waals surface area contributed by atoms with E-state index in [0.717, 1.165) is 38.8 Å². The highest BCUT2D eigenvalue weighted by molar-refractivity contribution is 5.96. The first-order valence-corrected chi connectivity index (χ1v) is 8.46. The van der Waals surface area contributed by atoms with Gasteiger partial charge < -0.3 is 15.1 Å². The Kier molecular flexibility index (Phi) is 4.71. The van der Waals surface area contributed by atoms with E-state index in [1.807, 2.05) is 14.1 Å². The molecule has 1 aromatic rings. The molecule has 0 aromatic heterocycles. The third-order valence-corrected chi connectivity index (χ3v) is 4.81. The Balaban J connectivity index is 1.84. The van der Waals surface area contributed by atoms with Gasteiger partial charge in [-0.05, 0) is 51.9 Å². The number of nitro benzene ring substituents is 1. The van der Waals surface area contributed by atoms with Gasteiger partial charge >= 0.3 is 0 Å². The molecular weight excluding hydrogens is 308 g/mol. The monoisotopic (exact) mass is 332 g/mol. The Bertz CT molecular complexity index is 643. The molecule has 1 saturated heterocycles. The summed E-state index contributed by atoms with van der Waals surface area (Å²) in [5, 5.41) is 14.4. The number of likely N-dealkylation sites (N-methyl/N-ethyl adjacent to an activating group) is 1. The number of nitrogens with one attached hydrogen (secondary N) is 1. The Morgan fingerprint density at radius 3 is 2.71 bits per heavy atom. The van der Waals surface area contributed by atoms with Crippen molar-refractivity contribution < 1.29 is 9.72 Å². The number of piperidine rings is 1. The Labute approximate surface area is 141 Å². The average Bonchev–Trinajstić information content (AvgIpc) is 3.38. The highest BCUT2D eigenvalue weighted by atomic mass is 16.6. The van der Waals surface area contributed by atoms with Gasteiger partial charge in [-0.1, -0.05) is 0 Å². The van der Waals surface area contributed by atoms with Crippen molar-refractivity contribution in [2.75, 3.05) is 32.1 Å². The topological polar surface area (TPSA) is 78.7 Å². The second-order valence-corrected chi connectivity index (χ2v) is 6.91. The van der Waals surface area contributed by atoms with Gasteiger partial charge in [-0.25, -0.2) is 0 Å². The molecule has 1 saturated carbocycles. The smallest absolute Gasteiger partial charge is 0.293 e. The maximum atomic E-state index is 12.1. The van der Waals surface area contributed by atoms with E-state index in [0.29, 0.717) is 17.3 Å². The Morgan fingerprint density at radius 1 is 1.33 bits per heavy atom. The van der Waals surface area contributed by atoms with Gasteiger partial charge in [-0.15, -0.1) is 0 Å². The molecule has 1 atom stereocenters. The highest BCUT2D eigenvalue weighted by Crippen LogP contribution is 2.32. The second kappa shape index (κ2) is 6.76. The van der Waals surface area contributed by atoms with Crippen LogP contribution in [-0.2, 0) is 0 Å². The Hall–Kier alpha value is -2.15.